The van der Waals surface area contributed by atoms with Crippen LogP contribution in [-0.2, 0) is 29.5 Å². The van der Waals surface area contributed by atoms with Crippen LogP contribution in [0.2, 0.25) is 0 Å². The fourth-order valence-electron chi connectivity index (χ4n) is 7.44. The molecule has 4 amide bonds. The number of carbonyl (C=O) groups is 4. The number of hydrogen-bond donors (Lipinski definition) is 6. The Morgan fingerprint density at radius 2 is 0.639 bits per heavy atom. The van der Waals surface area contributed by atoms with E-state index in [9.17, 15) is 71.9 Å². The van der Waals surface area contributed by atoms with Crippen LogP contribution in [0.1, 0.15) is 66.2 Å². The summed E-state index contributed by atoms with van der Waals surface area (Å²) in [5, 5.41) is 8.96. The molecule has 10 nitrogen and oxygen atoms in total. The van der Waals surface area contributed by atoms with E-state index >= 15 is 0 Å². The fourth-order valence-corrected chi connectivity index (χ4v) is 7.44. The molecule has 1 aliphatic carbocycles. The second-order valence-electron chi connectivity index (χ2n) is 16.0. The maximum atomic E-state index is 14.5. The molecule has 0 radical (unpaired) electrons. The second-order valence-corrected chi connectivity index (χ2v) is 16.0. The summed E-state index contributed by atoms with van der Waals surface area (Å²) < 4.78 is 173. The monoisotopic (exact) mass is 1010 g/mol. The molecule has 72 heavy (non-hydrogen) atoms. The molecular weight excluding hydrogens is 977 g/mol. The van der Waals surface area contributed by atoms with Gasteiger partial charge in [0.15, 0.2) is 0 Å². The maximum absolute atomic E-state index is 14.5. The summed E-state index contributed by atoms with van der Waals surface area (Å²) in [7, 11) is 0. The number of halogens is 12. The minimum absolute atomic E-state index is 0.0331. The quantitative estimate of drug-likeness (QED) is 0.0590. The van der Waals surface area contributed by atoms with E-state index in [4.69, 9.17) is 11.5 Å². The number of alkyl halides is 12. The summed E-state index contributed by atoms with van der Waals surface area (Å²) in [4.78, 5) is 51.6. The Bertz CT molecular complexity index is 3180. The first-order chi connectivity index (χ1) is 33.6. The van der Waals surface area contributed by atoms with E-state index < -0.39 is 104 Å². The lowest BCUT2D eigenvalue weighted by atomic mass is 9.93. The van der Waals surface area contributed by atoms with Gasteiger partial charge in [-0.1, -0.05) is 30.3 Å². The van der Waals surface area contributed by atoms with Crippen LogP contribution in [0.15, 0.2) is 145 Å². The Morgan fingerprint density at radius 3 is 0.903 bits per heavy atom. The summed E-state index contributed by atoms with van der Waals surface area (Å²) in [5.41, 5.74) is 0.249. The molecule has 0 atom stereocenters. The number of rotatable bonds is 10. The summed E-state index contributed by atoms with van der Waals surface area (Å²) in [6.45, 7) is 0. The molecule has 22 heteroatoms. The molecule has 0 unspecified atom stereocenters. The first-order valence-corrected chi connectivity index (χ1v) is 20.9. The van der Waals surface area contributed by atoms with Crippen LogP contribution in [0.4, 0.5) is 81.1 Å². The minimum atomic E-state index is -5.27. The topological polar surface area (TPSA) is 168 Å². The second kappa shape index (κ2) is 19.7. The van der Waals surface area contributed by atoms with Gasteiger partial charge >= 0.3 is 24.7 Å². The van der Waals surface area contributed by atoms with E-state index in [1.165, 1.54) is 36.4 Å². The van der Waals surface area contributed by atoms with E-state index in [-0.39, 0.29) is 40.1 Å². The molecule has 7 rings (SSSR count). The molecule has 1 aliphatic rings. The van der Waals surface area contributed by atoms with Crippen molar-refractivity contribution in [1.29, 1.82) is 0 Å². The lowest BCUT2D eigenvalue weighted by molar-refractivity contribution is -0.139. The van der Waals surface area contributed by atoms with Gasteiger partial charge in [-0.3, -0.25) is 19.2 Å². The highest BCUT2D eigenvalue weighted by Gasteiger charge is 2.41. The standard InChI is InChI=1S/C50H34F12N6O4/c51-47(52,53)39-21-31(13-17-35(39)37-19-15-33(23-41(37)49(57,58)59)67-45(71)27-5-9-29(63)10-6-27)65-43(69)25-1-2-26(4-3-25)44(70)66-32-14-18-36(40(22-32)48(54,55)56)38-20-16-34(24-42(38)50(60,61)62)68-46(72)28-7-11-30(64)12-8-28/h1-7,9-11,13-24H,8,12,63-64H2,(H,65,69)(H,66,70)(H,67,71)(H,68,72). The number of carbonyl (C=O) groups excluding carboxylic acids is 4. The molecule has 0 spiro atoms. The van der Waals surface area contributed by atoms with Gasteiger partial charge in [-0.15, -0.1) is 0 Å². The molecular formula is C50H34F12N6O4. The third-order valence-electron chi connectivity index (χ3n) is 11.0. The number of hydrogen-bond acceptors (Lipinski definition) is 6. The Kier molecular flexibility index (Phi) is 14.0. The number of allylic oxidation sites excluding steroid dienone is 3. The van der Waals surface area contributed by atoms with Crippen molar-refractivity contribution in [1.82, 2.24) is 0 Å². The normalized spacial score (nSPS) is 13.1. The minimum Gasteiger partial charge on any atom is -0.402 e. The van der Waals surface area contributed by atoms with E-state index in [0.29, 0.717) is 54.2 Å². The van der Waals surface area contributed by atoms with Crippen LogP contribution >= 0.6 is 0 Å². The number of nitrogens with one attached hydrogen (secondary N) is 4. The molecule has 0 aliphatic heterocycles. The SMILES string of the molecule is NC1=CC=C(C(=O)Nc2ccc(-c3ccc(NC(=O)c4ccc(C(=O)Nc5ccc(-c6ccc(NC(=O)c7ccc(N)cc7)cc6C(F)(F)F)c(C(F)(F)F)c5)cc4)cc3C(F)(F)F)c(C(F)(F)F)c2)CC1. The zero-order chi connectivity index (χ0) is 52.5. The average molecular weight is 1010 g/mol. The smallest absolute Gasteiger partial charge is 0.402 e. The molecule has 8 N–H and O–H groups in total. The van der Waals surface area contributed by atoms with Crippen LogP contribution in [-0.4, -0.2) is 23.6 Å². The van der Waals surface area contributed by atoms with Gasteiger partial charge in [-0.2, -0.15) is 52.7 Å². The van der Waals surface area contributed by atoms with Gasteiger partial charge in [0.25, 0.3) is 23.6 Å². The third-order valence-corrected chi connectivity index (χ3v) is 11.0. The summed E-state index contributed by atoms with van der Waals surface area (Å²) in [6.07, 6.45) is -17.6. The van der Waals surface area contributed by atoms with Gasteiger partial charge in [-0.25, -0.2) is 0 Å². The highest BCUT2D eigenvalue weighted by molar-refractivity contribution is 6.08. The third kappa shape index (κ3) is 11.9. The van der Waals surface area contributed by atoms with Crippen molar-refractivity contribution in [3.8, 4) is 22.3 Å². The van der Waals surface area contributed by atoms with E-state index in [2.05, 4.69) is 21.3 Å². The predicted octanol–water partition coefficient (Wildman–Crippen LogP) is 12.9. The molecule has 6 aromatic carbocycles. The lowest BCUT2D eigenvalue weighted by Gasteiger charge is -2.20. The fraction of sp³-hybridized carbons (Fsp3) is 0.120. The first kappa shape index (κ1) is 51.3. The molecule has 0 saturated carbocycles. The summed E-state index contributed by atoms with van der Waals surface area (Å²) in [6, 6.07) is 18.0. The molecule has 0 bridgehead atoms. The Hall–Kier alpha value is -8.56. The van der Waals surface area contributed by atoms with Gasteiger partial charge in [-0.05, 0) is 138 Å². The average Bonchev–Trinajstić information content (AvgIpc) is 3.31. The molecule has 372 valence electrons. The maximum Gasteiger partial charge on any atom is 0.417 e. The van der Waals surface area contributed by atoms with Gasteiger partial charge < -0.3 is 32.7 Å². The molecule has 0 aromatic heterocycles. The van der Waals surface area contributed by atoms with Crippen molar-refractivity contribution >= 4 is 52.1 Å². The van der Waals surface area contributed by atoms with E-state index in [1.54, 1.807) is 0 Å². The van der Waals surface area contributed by atoms with Gasteiger partial charge in [0.2, 0.25) is 0 Å². The van der Waals surface area contributed by atoms with Crippen molar-refractivity contribution in [3.05, 3.63) is 184 Å². The van der Waals surface area contributed by atoms with Crippen LogP contribution in [0.5, 0.6) is 0 Å². The van der Waals surface area contributed by atoms with Gasteiger partial charge in [0.05, 0.1) is 22.3 Å². The highest BCUT2D eigenvalue weighted by atomic mass is 19.4. The number of anilines is 5. The van der Waals surface area contributed by atoms with Crippen molar-refractivity contribution in [2.75, 3.05) is 27.0 Å². The molecule has 0 heterocycles. The Morgan fingerprint density at radius 1 is 0.361 bits per heavy atom. The summed E-state index contributed by atoms with van der Waals surface area (Å²) in [5.74, 6) is -3.67. The predicted molar refractivity (Wildman–Crippen MR) is 243 cm³/mol. The molecule has 0 saturated heterocycles. The van der Waals surface area contributed by atoms with E-state index in [1.807, 2.05) is 0 Å². The number of nitrogen functional groups attached to an aromatic ring is 1. The van der Waals surface area contributed by atoms with Crippen LogP contribution in [0, 0.1) is 0 Å². The lowest BCUT2D eigenvalue weighted by Crippen LogP contribution is -2.18. The Balaban J connectivity index is 1.07. The number of amides is 4. The largest absolute Gasteiger partial charge is 0.417 e. The number of nitrogens with two attached hydrogens (primary N) is 2. The number of benzene rings is 6. The van der Waals surface area contributed by atoms with Crippen LogP contribution < -0.4 is 32.7 Å². The van der Waals surface area contributed by atoms with Crippen LogP contribution in [0.3, 0.4) is 0 Å². The van der Waals surface area contributed by atoms with Crippen LogP contribution in [0.25, 0.3) is 22.3 Å². The van der Waals surface area contributed by atoms with E-state index in [0.717, 1.165) is 60.7 Å². The van der Waals surface area contributed by atoms with Crippen molar-refractivity contribution in [2.45, 2.75) is 37.5 Å². The highest BCUT2D eigenvalue weighted by Crippen LogP contribution is 2.46. The van der Waals surface area contributed by atoms with Gasteiger partial charge in [0, 0.05) is 56.4 Å². The summed E-state index contributed by atoms with van der Waals surface area (Å²) >= 11 is 0. The molecule has 0 fully saturated rings. The van der Waals surface area contributed by atoms with Gasteiger partial charge in [0.1, 0.15) is 0 Å². The zero-order valence-corrected chi connectivity index (χ0v) is 36.4. The zero-order valence-electron chi connectivity index (χ0n) is 36.4. The van der Waals surface area contributed by atoms with Crippen molar-refractivity contribution < 1.29 is 71.9 Å². The first-order valence-electron chi connectivity index (χ1n) is 20.9. The van der Waals surface area contributed by atoms with Crippen molar-refractivity contribution in [3.63, 3.8) is 0 Å². The van der Waals surface area contributed by atoms with Crippen molar-refractivity contribution in [2.24, 2.45) is 5.73 Å². The molecule has 6 aromatic rings. The Labute approximate surface area is 399 Å².